The number of hydrogen-bond acceptors (Lipinski definition) is 5. The van der Waals surface area contributed by atoms with Gasteiger partial charge in [0.05, 0.1) is 20.3 Å². The van der Waals surface area contributed by atoms with E-state index in [0.717, 1.165) is 11.1 Å². The maximum absolute atomic E-state index is 12.7. The normalized spacial score (nSPS) is 11.4. The van der Waals surface area contributed by atoms with Crippen molar-refractivity contribution in [1.29, 1.82) is 0 Å². The molecular formula is C23H24N2O4. The van der Waals surface area contributed by atoms with Crippen molar-refractivity contribution in [2.75, 3.05) is 14.2 Å². The zero-order valence-corrected chi connectivity index (χ0v) is 16.7. The number of hydrogen-bond donors (Lipinski definition) is 1. The van der Waals surface area contributed by atoms with E-state index in [-0.39, 0.29) is 11.9 Å². The minimum atomic E-state index is -0.206. The molecule has 150 valence electrons. The molecule has 0 aliphatic carbocycles. The SMILES string of the molecule is COc1ccc(C(C)NC(=O)c2cccc(OCc3cccnc3)c2)cc1OC. The quantitative estimate of drug-likeness (QED) is 0.623. The Balaban J connectivity index is 1.66. The van der Waals surface area contributed by atoms with E-state index in [4.69, 9.17) is 14.2 Å². The topological polar surface area (TPSA) is 69.7 Å². The lowest BCUT2D eigenvalue weighted by molar-refractivity contribution is 0.0939. The summed E-state index contributed by atoms with van der Waals surface area (Å²) in [4.78, 5) is 16.8. The van der Waals surface area contributed by atoms with Gasteiger partial charge in [-0.25, -0.2) is 0 Å². The Hall–Kier alpha value is -3.54. The van der Waals surface area contributed by atoms with Crippen LogP contribution in [0.4, 0.5) is 0 Å². The van der Waals surface area contributed by atoms with Crippen LogP contribution < -0.4 is 19.5 Å². The number of methoxy groups -OCH3 is 2. The number of carbonyl (C=O) groups excluding carboxylic acids is 1. The third-order valence-corrected chi connectivity index (χ3v) is 4.48. The Morgan fingerprint density at radius 3 is 2.59 bits per heavy atom. The summed E-state index contributed by atoms with van der Waals surface area (Å²) < 4.78 is 16.4. The average molecular weight is 392 g/mol. The molecule has 3 aromatic rings. The van der Waals surface area contributed by atoms with Gasteiger partial charge in [-0.2, -0.15) is 0 Å². The van der Waals surface area contributed by atoms with Crippen LogP contribution in [0.1, 0.15) is 34.5 Å². The van der Waals surface area contributed by atoms with Crippen molar-refractivity contribution in [2.24, 2.45) is 0 Å². The fraction of sp³-hybridized carbons (Fsp3) is 0.217. The lowest BCUT2D eigenvalue weighted by atomic mass is 10.1. The van der Waals surface area contributed by atoms with Gasteiger partial charge in [0.25, 0.3) is 5.91 Å². The monoisotopic (exact) mass is 392 g/mol. The molecular weight excluding hydrogens is 368 g/mol. The van der Waals surface area contributed by atoms with E-state index in [0.29, 0.717) is 29.4 Å². The first-order chi connectivity index (χ1) is 14.1. The highest BCUT2D eigenvalue weighted by Gasteiger charge is 2.14. The molecule has 2 aromatic carbocycles. The van der Waals surface area contributed by atoms with E-state index in [2.05, 4.69) is 10.3 Å². The van der Waals surface area contributed by atoms with E-state index < -0.39 is 0 Å². The number of pyridine rings is 1. The number of amides is 1. The number of ether oxygens (including phenoxy) is 3. The summed E-state index contributed by atoms with van der Waals surface area (Å²) in [5.74, 6) is 1.71. The second-order valence-electron chi connectivity index (χ2n) is 6.49. The molecule has 29 heavy (non-hydrogen) atoms. The Morgan fingerprint density at radius 1 is 1.03 bits per heavy atom. The molecule has 1 heterocycles. The van der Waals surface area contributed by atoms with Crippen LogP contribution in [0.25, 0.3) is 0 Å². The van der Waals surface area contributed by atoms with Crippen LogP contribution in [0.2, 0.25) is 0 Å². The highest BCUT2D eigenvalue weighted by atomic mass is 16.5. The first-order valence-electron chi connectivity index (χ1n) is 9.25. The Kier molecular flexibility index (Phi) is 6.68. The van der Waals surface area contributed by atoms with E-state index >= 15 is 0 Å². The molecule has 1 atom stereocenters. The first-order valence-corrected chi connectivity index (χ1v) is 9.25. The summed E-state index contributed by atoms with van der Waals surface area (Å²) in [6.07, 6.45) is 3.47. The standard InChI is InChI=1S/C23H24N2O4/c1-16(18-9-10-21(27-2)22(13-18)28-3)25-23(26)19-7-4-8-20(12-19)29-15-17-6-5-11-24-14-17/h4-14,16H,15H2,1-3H3,(H,25,26). The van der Waals surface area contributed by atoms with Crippen molar-refractivity contribution in [2.45, 2.75) is 19.6 Å². The number of benzene rings is 2. The number of carbonyl (C=O) groups is 1. The number of rotatable bonds is 8. The molecule has 0 bridgehead atoms. The van der Waals surface area contributed by atoms with E-state index in [1.807, 2.05) is 43.3 Å². The third kappa shape index (κ3) is 5.25. The van der Waals surface area contributed by atoms with Gasteiger partial charge in [0.15, 0.2) is 11.5 Å². The molecule has 0 fully saturated rings. The molecule has 0 aliphatic rings. The van der Waals surface area contributed by atoms with Gasteiger partial charge in [-0.3, -0.25) is 9.78 Å². The van der Waals surface area contributed by atoms with Crippen LogP contribution in [0.15, 0.2) is 67.0 Å². The van der Waals surface area contributed by atoms with Gasteiger partial charge in [-0.15, -0.1) is 0 Å². The summed E-state index contributed by atoms with van der Waals surface area (Å²) in [5, 5.41) is 3.00. The summed E-state index contributed by atoms with van der Waals surface area (Å²) >= 11 is 0. The molecule has 6 heteroatoms. The van der Waals surface area contributed by atoms with E-state index in [9.17, 15) is 4.79 Å². The maximum Gasteiger partial charge on any atom is 0.251 e. The van der Waals surface area contributed by atoms with Gasteiger partial charge in [-0.05, 0) is 48.9 Å². The second kappa shape index (κ2) is 9.59. The lowest BCUT2D eigenvalue weighted by Gasteiger charge is -2.17. The van der Waals surface area contributed by atoms with Crippen LogP contribution in [-0.4, -0.2) is 25.1 Å². The highest BCUT2D eigenvalue weighted by Crippen LogP contribution is 2.30. The van der Waals surface area contributed by atoms with Gasteiger partial charge < -0.3 is 19.5 Å². The molecule has 1 N–H and O–H groups in total. The molecule has 1 aromatic heterocycles. The maximum atomic E-state index is 12.7. The highest BCUT2D eigenvalue weighted by molar-refractivity contribution is 5.94. The van der Waals surface area contributed by atoms with Gasteiger partial charge in [-0.1, -0.05) is 18.2 Å². The fourth-order valence-electron chi connectivity index (χ4n) is 2.86. The largest absolute Gasteiger partial charge is 0.493 e. The van der Waals surface area contributed by atoms with Crippen LogP contribution in [0.5, 0.6) is 17.2 Å². The zero-order valence-electron chi connectivity index (χ0n) is 16.7. The predicted octanol–water partition coefficient (Wildman–Crippen LogP) is 4.17. The molecule has 1 amide bonds. The zero-order chi connectivity index (χ0) is 20.6. The number of nitrogens with zero attached hydrogens (tertiary/aromatic N) is 1. The van der Waals surface area contributed by atoms with Gasteiger partial charge in [0, 0.05) is 23.5 Å². The first kappa shape index (κ1) is 20.2. The Bertz CT molecular complexity index is 960. The van der Waals surface area contributed by atoms with Crippen molar-refractivity contribution < 1.29 is 19.0 Å². The summed E-state index contributed by atoms with van der Waals surface area (Å²) in [5.41, 5.74) is 2.41. The van der Waals surface area contributed by atoms with Crippen LogP contribution in [0, 0.1) is 0 Å². The van der Waals surface area contributed by atoms with Gasteiger partial charge in [0.1, 0.15) is 12.4 Å². The summed E-state index contributed by atoms with van der Waals surface area (Å²) in [7, 11) is 3.17. The second-order valence-corrected chi connectivity index (χ2v) is 6.49. The van der Waals surface area contributed by atoms with E-state index in [1.54, 1.807) is 44.8 Å². The predicted molar refractivity (Wildman–Crippen MR) is 110 cm³/mol. The smallest absolute Gasteiger partial charge is 0.251 e. The Morgan fingerprint density at radius 2 is 1.86 bits per heavy atom. The molecule has 1 unspecified atom stereocenters. The molecule has 3 rings (SSSR count). The van der Waals surface area contributed by atoms with Crippen molar-refractivity contribution >= 4 is 5.91 Å². The molecule has 0 saturated carbocycles. The minimum absolute atomic E-state index is 0.181. The molecule has 0 radical (unpaired) electrons. The third-order valence-electron chi connectivity index (χ3n) is 4.48. The molecule has 6 nitrogen and oxygen atoms in total. The van der Waals surface area contributed by atoms with Crippen molar-refractivity contribution in [1.82, 2.24) is 10.3 Å². The van der Waals surface area contributed by atoms with Crippen molar-refractivity contribution in [3.63, 3.8) is 0 Å². The van der Waals surface area contributed by atoms with Crippen LogP contribution in [0.3, 0.4) is 0 Å². The number of aromatic nitrogens is 1. The van der Waals surface area contributed by atoms with Gasteiger partial charge in [0.2, 0.25) is 0 Å². The van der Waals surface area contributed by atoms with Crippen LogP contribution in [-0.2, 0) is 6.61 Å². The molecule has 0 saturated heterocycles. The van der Waals surface area contributed by atoms with Crippen molar-refractivity contribution in [3.8, 4) is 17.2 Å². The van der Waals surface area contributed by atoms with Gasteiger partial charge >= 0.3 is 0 Å². The minimum Gasteiger partial charge on any atom is -0.493 e. The average Bonchev–Trinajstić information content (AvgIpc) is 2.78. The fourth-order valence-corrected chi connectivity index (χ4v) is 2.86. The summed E-state index contributed by atoms with van der Waals surface area (Å²) in [6.45, 7) is 2.31. The van der Waals surface area contributed by atoms with E-state index in [1.165, 1.54) is 0 Å². The molecule has 0 aliphatic heterocycles. The molecule has 0 spiro atoms. The number of nitrogens with one attached hydrogen (secondary N) is 1. The lowest BCUT2D eigenvalue weighted by Crippen LogP contribution is -2.26. The Labute approximate surface area is 170 Å². The summed E-state index contributed by atoms with van der Waals surface area (Å²) in [6, 6.07) is 16.3. The van der Waals surface area contributed by atoms with Crippen molar-refractivity contribution in [3.05, 3.63) is 83.7 Å². The van der Waals surface area contributed by atoms with Crippen LogP contribution >= 0.6 is 0 Å².